The number of rotatable bonds is 5. The SMILES string of the molecule is S=C(NCc1ccccc1)Nc1ccn(Cc2cccc3ccccc23)n1. The van der Waals surface area contributed by atoms with Crippen LogP contribution in [0, 0.1) is 0 Å². The molecule has 0 atom stereocenters. The number of hydrogen-bond acceptors (Lipinski definition) is 2. The number of aromatic nitrogens is 2. The van der Waals surface area contributed by atoms with Gasteiger partial charge < -0.3 is 10.6 Å². The fourth-order valence-corrected chi connectivity index (χ4v) is 3.24. The van der Waals surface area contributed by atoms with Crippen molar-refractivity contribution in [3.63, 3.8) is 0 Å². The van der Waals surface area contributed by atoms with Crippen LogP contribution in [0.15, 0.2) is 85.1 Å². The van der Waals surface area contributed by atoms with Gasteiger partial charge in [0.15, 0.2) is 10.9 Å². The molecule has 134 valence electrons. The Kier molecular flexibility index (Phi) is 5.12. The monoisotopic (exact) mass is 372 g/mol. The maximum absolute atomic E-state index is 5.37. The highest BCUT2D eigenvalue weighted by molar-refractivity contribution is 7.80. The van der Waals surface area contributed by atoms with Crippen LogP contribution in [-0.2, 0) is 13.1 Å². The van der Waals surface area contributed by atoms with Crippen molar-refractivity contribution in [3.8, 4) is 0 Å². The van der Waals surface area contributed by atoms with Crippen LogP contribution in [0.25, 0.3) is 10.8 Å². The van der Waals surface area contributed by atoms with Crippen molar-refractivity contribution in [3.05, 3.63) is 96.2 Å². The Morgan fingerprint density at radius 3 is 2.56 bits per heavy atom. The molecule has 0 spiro atoms. The zero-order valence-corrected chi connectivity index (χ0v) is 15.6. The van der Waals surface area contributed by atoms with E-state index in [1.165, 1.54) is 21.9 Å². The lowest BCUT2D eigenvalue weighted by Gasteiger charge is -2.09. The number of hydrogen-bond donors (Lipinski definition) is 2. The number of nitrogens with one attached hydrogen (secondary N) is 2. The summed E-state index contributed by atoms with van der Waals surface area (Å²) < 4.78 is 1.92. The summed E-state index contributed by atoms with van der Waals surface area (Å²) in [4.78, 5) is 0. The van der Waals surface area contributed by atoms with E-state index in [-0.39, 0.29) is 0 Å². The molecule has 0 aliphatic heterocycles. The number of fused-ring (bicyclic) bond motifs is 1. The fraction of sp³-hybridized carbons (Fsp3) is 0.0909. The number of anilines is 1. The van der Waals surface area contributed by atoms with Crippen LogP contribution in [-0.4, -0.2) is 14.9 Å². The van der Waals surface area contributed by atoms with Crippen molar-refractivity contribution < 1.29 is 0 Å². The van der Waals surface area contributed by atoms with Gasteiger partial charge in [-0.2, -0.15) is 5.10 Å². The summed E-state index contributed by atoms with van der Waals surface area (Å²) in [6, 6.07) is 26.9. The van der Waals surface area contributed by atoms with Gasteiger partial charge in [-0.1, -0.05) is 72.8 Å². The van der Waals surface area contributed by atoms with Crippen LogP contribution in [0.1, 0.15) is 11.1 Å². The fourth-order valence-electron chi connectivity index (χ4n) is 3.06. The zero-order chi connectivity index (χ0) is 18.5. The maximum Gasteiger partial charge on any atom is 0.172 e. The second-order valence-corrected chi connectivity index (χ2v) is 6.74. The van der Waals surface area contributed by atoms with Gasteiger partial charge >= 0.3 is 0 Å². The lowest BCUT2D eigenvalue weighted by molar-refractivity contribution is 0.693. The largest absolute Gasteiger partial charge is 0.358 e. The van der Waals surface area contributed by atoms with Crippen molar-refractivity contribution in [1.29, 1.82) is 0 Å². The van der Waals surface area contributed by atoms with Crippen molar-refractivity contribution in [2.45, 2.75) is 13.1 Å². The van der Waals surface area contributed by atoms with E-state index < -0.39 is 0 Å². The summed E-state index contributed by atoms with van der Waals surface area (Å²) >= 11 is 5.37. The first-order valence-corrected chi connectivity index (χ1v) is 9.28. The Morgan fingerprint density at radius 1 is 0.889 bits per heavy atom. The molecule has 0 saturated carbocycles. The highest BCUT2D eigenvalue weighted by Gasteiger charge is 2.05. The van der Waals surface area contributed by atoms with Gasteiger partial charge in [0, 0.05) is 18.8 Å². The van der Waals surface area contributed by atoms with Crippen molar-refractivity contribution in [2.24, 2.45) is 0 Å². The third-order valence-electron chi connectivity index (χ3n) is 4.39. The van der Waals surface area contributed by atoms with E-state index in [1.54, 1.807) is 0 Å². The number of benzene rings is 3. The normalized spacial score (nSPS) is 10.7. The molecule has 0 aliphatic rings. The summed E-state index contributed by atoms with van der Waals surface area (Å²) in [5, 5.41) is 14.0. The van der Waals surface area contributed by atoms with Gasteiger partial charge in [-0.15, -0.1) is 0 Å². The summed E-state index contributed by atoms with van der Waals surface area (Å²) in [5.74, 6) is 0.737. The highest BCUT2D eigenvalue weighted by atomic mass is 32.1. The van der Waals surface area contributed by atoms with Crippen molar-refractivity contribution in [2.75, 3.05) is 5.32 Å². The maximum atomic E-state index is 5.37. The van der Waals surface area contributed by atoms with Gasteiger partial charge in [-0.3, -0.25) is 4.68 Å². The Morgan fingerprint density at radius 2 is 1.67 bits per heavy atom. The van der Waals surface area contributed by atoms with Crippen molar-refractivity contribution >= 4 is 33.9 Å². The molecule has 0 aliphatic carbocycles. The molecule has 4 nitrogen and oxygen atoms in total. The number of nitrogens with zero attached hydrogens (tertiary/aromatic N) is 2. The minimum absolute atomic E-state index is 0.564. The smallest absolute Gasteiger partial charge is 0.172 e. The van der Waals surface area contributed by atoms with Gasteiger partial charge in [0.1, 0.15) is 0 Å². The molecule has 4 rings (SSSR count). The summed E-state index contributed by atoms with van der Waals surface area (Å²) in [6.07, 6.45) is 1.96. The molecule has 5 heteroatoms. The molecular formula is C22H20N4S. The van der Waals surface area contributed by atoms with Crippen LogP contribution < -0.4 is 10.6 Å². The predicted octanol–water partition coefficient (Wildman–Crippen LogP) is 4.57. The minimum atomic E-state index is 0.564. The highest BCUT2D eigenvalue weighted by Crippen LogP contribution is 2.19. The first kappa shape index (κ1) is 17.2. The molecule has 0 bridgehead atoms. The van der Waals surface area contributed by atoms with Crippen LogP contribution in [0.5, 0.6) is 0 Å². The molecule has 0 radical (unpaired) electrons. The quantitative estimate of drug-likeness (QED) is 0.504. The Labute approximate surface area is 163 Å². The van der Waals surface area contributed by atoms with Crippen molar-refractivity contribution in [1.82, 2.24) is 15.1 Å². The lowest BCUT2D eigenvalue weighted by atomic mass is 10.0. The van der Waals surface area contributed by atoms with E-state index in [4.69, 9.17) is 12.2 Å². The Balaban J connectivity index is 1.39. The van der Waals surface area contributed by atoms with Crippen LogP contribution in [0.2, 0.25) is 0 Å². The van der Waals surface area contributed by atoms with Crippen LogP contribution in [0.4, 0.5) is 5.82 Å². The molecule has 1 heterocycles. The molecular weight excluding hydrogens is 352 g/mol. The van der Waals surface area contributed by atoms with E-state index in [1.807, 2.05) is 35.1 Å². The molecule has 1 aromatic heterocycles. The van der Waals surface area contributed by atoms with E-state index in [2.05, 4.69) is 70.3 Å². The molecule has 0 fully saturated rings. The summed E-state index contributed by atoms with van der Waals surface area (Å²) in [6.45, 7) is 1.40. The third kappa shape index (κ3) is 4.33. The third-order valence-corrected chi connectivity index (χ3v) is 4.64. The molecule has 2 N–H and O–H groups in total. The van der Waals surface area contributed by atoms with E-state index in [9.17, 15) is 0 Å². The van der Waals surface area contributed by atoms with Gasteiger partial charge in [-0.05, 0) is 34.1 Å². The second kappa shape index (κ2) is 8.01. The summed E-state index contributed by atoms with van der Waals surface area (Å²) in [7, 11) is 0. The Hall–Kier alpha value is -3.18. The second-order valence-electron chi connectivity index (χ2n) is 6.33. The molecule has 3 aromatic carbocycles. The average Bonchev–Trinajstić information content (AvgIpc) is 3.14. The average molecular weight is 372 g/mol. The minimum Gasteiger partial charge on any atom is -0.358 e. The topological polar surface area (TPSA) is 41.9 Å². The molecule has 0 amide bonds. The zero-order valence-electron chi connectivity index (χ0n) is 14.8. The van der Waals surface area contributed by atoms with Gasteiger partial charge in [0.2, 0.25) is 0 Å². The van der Waals surface area contributed by atoms with Crippen LogP contribution >= 0.6 is 12.2 Å². The molecule has 4 aromatic rings. The van der Waals surface area contributed by atoms with E-state index in [0.717, 1.165) is 5.82 Å². The molecule has 0 unspecified atom stereocenters. The predicted molar refractivity (Wildman–Crippen MR) is 115 cm³/mol. The molecule has 0 saturated heterocycles. The number of thiocarbonyl (C=S) groups is 1. The summed E-state index contributed by atoms with van der Waals surface area (Å²) in [5.41, 5.74) is 2.43. The molecule has 27 heavy (non-hydrogen) atoms. The first-order chi connectivity index (χ1) is 13.3. The van der Waals surface area contributed by atoms with E-state index in [0.29, 0.717) is 18.2 Å². The van der Waals surface area contributed by atoms with Gasteiger partial charge in [0.25, 0.3) is 0 Å². The van der Waals surface area contributed by atoms with Gasteiger partial charge in [0.05, 0.1) is 6.54 Å². The standard InChI is InChI=1S/C22H20N4S/c27-22(23-15-17-7-2-1-3-8-17)24-21-13-14-26(25-21)16-19-11-6-10-18-9-4-5-12-20(18)19/h1-14H,15-16H2,(H2,23,24,25,27). The van der Waals surface area contributed by atoms with E-state index >= 15 is 0 Å². The van der Waals surface area contributed by atoms with Crippen LogP contribution in [0.3, 0.4) is 0 Å². The Bertz CT molecular complexity index is 1050. The first-order valence-electron chi connectivity index (χ1n) is 8.87. The van der Waals surface area contributed by atoms with Gasteiger partial charge in [-0.25, -0.2) is 0 Å². The lowest BCUT2D eigenvalue weighted by Crippen LogP contribution is -2.28.